The number of thiophene rings is 1. The van der Waals surface area contributed by atoms with E-state index in [0.29, 0.717) is 17.9 Å². The molecule has 0 spiro atoms. The molecule has 0 bridgehead atoms. The summed E-state index contributed by atoms with van der Waals surface area (Å²) in [6, 6.07) is 0. The highest BCUT2D eigenvalue weighted by molar-refractivity contribution is 7.10. The molecule has 1 aromatic rings. The van der Waals surface area contributed by atoms with E-state index in [1.807, 2.05) is 12.3 Å². The third kappa shape index (κ3) is 2.75. The molecular formula is C11H13ClOS. The number of aliphatic hydroxyl groups excluding tert-OH is 1. The minimum absolute atomic E-state index is 0.470. The Bertz CT molecular complexity index is 359. The molecule has 3 heteroatoms. The highest BCUT2D eigenvalue weighted by Gasteiger charge is 2.14. The van der Waals surface area contributed by atoms with Crippen molar-refractivity contribution in [2.75, 3.05) is 0 Å². The van der Waals surface area contributed by atoms with Gasteiger partial charge in [0.25, 0.3) is 0 Å². The highest BCUT2D eigenvalue weighted by Crippen LogP contribution is 2.34. The number of rotatable bonds is 3. The van der Waals surface area contributed by atoms with Crippen LogP contribution < -0.4 is 0 Å². The van der Waals surface area contributed by atoms with Gasteiger partial charge in [0.05, 0.1) is 16.0 Å². The fraction of sp³-hybridized carbons (Fsp3) is 0.455. The minimum Gasteiger partial charge on any atom is -0.387 e. The van der Waals surface area contributed by atoms with Gasteiger partial charge in [0.1, 0.15) is 0 Å². The average molecular weight is 229 g/mol. The fourth-order valence-corrected chi connectivity index (χ4v) is 2.48. The van der Waals surface area contributed by atoms with Gasteiger partial charge in [-0.1, -0.05) is 11.6 Å². The maximum atomic E-state index is 9.80. The van der Waals surface area contributed by atoms with Crippen LogP contribution in [0.5, 0.6) is 0 Å². The van der Waals surface area contributed by atoms with Gasteiger partial charge in [-0.2, -0.15) is 0 Å². The van der Waals surface area contributed by atoms with Gasteiger partial charge in [-0.25, -0.2) is 0 Å². The second-order valence-electron chi connectivity index (χ2n) is 3.08. The molecule has 76 valence electrons. The first kappa shape index (κ1) is 11.6. The van der Waals surface area contributed by atoms with Crippen LogP contribution in [0.25, 0.3) is 0 Å². The average Bonchev–Trinajstić information content (AvgIpc) is 2.48. The highest BCUT2D eigenvalue weighted by atomic mass is 35.5. The summed E-state index contributed by atoms with van der Waals surface area (Å²) in [6.45, 7) is 3.75. The van der Waals surface area contributed by atoms with Gasteiger partial charge < -0.3 is 5.11 Å². The van der Waals surface area contributed by atoms with E-state index in [1.54, 1.807) is 6.92 Å². The second kappa shape index (κ2) is 5.41. The van der Waals surface area contributed by atoms with E-state index in [9.17, 15) is 5.11 Å². The lowest BCUT2D eigenvalue weighted by molar-refractivity contribution is 0.173. The zero-order valence-electron chi connectivity index (χ0n) is 8.30. The standard InChI is InChI=1S/C11H13ClOS/c1-3-4-5-6-9(13)11-10(12)8(2)7-14-11/h7,9,13H,5-6H2,1-2H3. The smallest absolute Gasteiger partial charge is 0.0906 e. The first-order chi connectivity index (χ1) is 6.66. The van der Waals surface area contributed by atoms with Crippen LogP contribution in [0.15, 0.2) is 5.38 Å². The molecule has 1 atom stereocenters. The van der Waals surface area contributed by atoms with Gasteiger partial charge in [-0.15, -0.1) is 23.2 Å². The van der Waals surface area contributed by atoms with Gasteiger partial charge in [-0.05, 0) is 31.2 Å². The molecule has 14 heavy (non-hydrogen) atoms. The molecular weight excluding hydrogens is 216 g/mol. The largest absolute Gasteiger partial charge is 0.387 e. The first-order valence-corrected chi connectivity index (χ1v) is 5.73. The summed E-state index contributed by atoms with van der Waals surface area (Å²) in [5.74, 6) is 5.73. The Morgan fingerprint density at radius 1 is 1.64 bits per heavy atom. The molecule has 1 unspecified atom stereocenters. The Balaban J connectivity index is 2.63. The van der Waals surface area contributed by atoms with E-state index in [2.05, 4.69) is 11.8 Å². The predicted octanol–water partition coefficient (Wildman–Crippen LogP) is 3.55. The van der Waals surface area contributed by atoms with Gasteiger partial charge in [0.15, 0.2) is 0 Å². The summed E-state index contributed by atoms with van der Waals surface area (Å²) in [5, 5.41) is 12.5. The van der Waals surface area contributed by atoms with Crippen molar-refractivity contribution in [3.05, 3.63) is 20.8 Å². The fourth-order valence-electron chi connectivity index (χ4n) is 1.14. The summed E-state index contributed by atoms with van der Waals surface area (Å²) in [7, 11) is 0. The van der Waals surface area contributed by atoms with Gasteiger partial charge in [-0.3, -0.25) is 0 Å². The monoisotopic (exact) mass is 228 g/mol. The normalized spacial score (nSPS) is 12.0. The zero-order valence-corrected chi connectivity index (χ0v) is 9.87. The minimum atomic E-state index is -0.470. The third-order valence-electron chi connectivity index (χ3n) is 1.95. The maximum absolute atomic E-state index is 9.80. The van der Waals surface area contributed by atoms with Crippen LogP contribution in [0.1, 0.15) is 36.3 Å². The molecule has 0 radical (unpaired) electrons. The molecule has 0 fully saturated rings. The van der Waals surface area contributed by atoms with E-state index in [1.165, 1.54) is 11.3 Å². The van der Waals surface area contributed by atoms with Crippen LogP contribution in [0, 0.1) is 18.8 Å². The molecule has 0 saturated heterocycles. The van der Waals surface area contributed by atoms with Crippen LogP contribution in [0.2, 0.25) is 5.02 Å². The molecule has 0 aliphatic carbocycles. The zero-order chi connectivity index (χ0) is 10.6. The second-order valence-corrected chi connectivity index (χ2v) is 4.37. The quantitative estimate of drug-likeness (QED) is 0.785. The van der Waals surface area contributed by atoms with E-state index in [0.717, 1.165) is 10.4 Å². The predicted molar refractivity (Wildman–Crippen MR) is 61.7 cm³/mol. The number of hydrogen-bond donors (Lipinski definition) is 1. The SMILES string of the molecule is CC#CCCC(O)c1scc(C)c1Cl. The Morgan fingerprint density at radius 2 is 2.36 bits per heavy atom. The Kier molecular flexibility index (Phi) is 4.47. The molecule has 0 saturated carbocycles. The lowest BCUT2D eigenvalue weighted by atomic mass is 10.1. The van der Waals surface area contributed by atoms with Crippen LogP contribution in [-0.2, 0) is 0 Å². The van der Waals surface area contributed by atoms with E-state index in [-0.39, 0.29) is 0 Å². The van der Waals surface area contributed by atoms with Crippen molar-refractivity contribution in [1.29, 1.82) is 0 Å². The van der Waals surface area contributed by atoms with Crippen LogP contribution in [-0.4, -0.2) is 5.11 Å². The van der Waals surface area contributed by atoms with Gasteiger partial charge in [0.2, 0.25) is 0 Å². The lowest BCUT2D eigenvalue weighted by Crippen LogP contribution is -1.94. The van der Waals surface area contributed by atoms with Gasteiger partial charge >= 0.3 is 0 Å². The van der Waals surface area contributed by atoms with E-state index in [4.69, 9.17) is 11.6 Å². The molecule has 0 aliphatic rings. The van der Waals surface area contributed by atoms with E-state index < -0.39 is 6.10 Å². The number of aryl methyl sites for hydroxylation is 1. The Labute approximate surface area is 93.7 Å². The number of hydrogen-bond acceptors (Lipinski definition) is 2. The van der Waals surface area contributed by atoms with Crippen LogP contribution in [0.4, 0.5) is 0 Å². The van der Waals surface area contributed by atoms with Crippen molar-refractivity contribution in [1.82, 2.24) is 0 Å². The van der Waals surface area contributed by atoms with Crippen molar-refractivity contribution in [2.24, 2.45) is 0 Å². The van der Waals surface area contributed by atoms with Crippen LogP contribution in [0.3, 0.4) is 0 Å². The number of halogens is 1. The molecule has 1 aromatic heterocycles. The molecule has 0 aliphatic heterocycles. The topological polar surface area (TPSA) is 20.2 Å². The summed E-state index contributed by atoms with van der Waals surface area (Å²) in [5.41, 5.74) is 1.03. The first-order valence-electron chi connectivity index (χ1n) is 4.48. The molecule has 1 rings (SSSR count). The van der Waals surface area contributed by atoms with Crippen LogP contribution >= 0.6 is 22.9 Å². The number of aliphatic hydroxyl groups is 1. The van der Waals surface area contributed by atoms with Crippen molar-refractivity contribution in [3.8, 4) is 11.8 Å². The molecule has 1 N–H and O–H groups in total. The molecule has 1 heterocycles. The van der Waals surface area contributed by atoms with Crippen molar-refractivity contribution < 1.29 is 5.11 Å². The summed E-state index contributed by atoms with van der Waals surface area (Å²) in [6.07, 6.45) is 0.896. The van der Waals surface area contributed by atoms with Gasteiger partial charge in [0, 0.05) is 6.42 Å². The third-order valence-corrected chi connectivity index (χ3v) is 3.76. The maximum Gasteiger partial charge on any atom is 0.0906 e. The van der Waals surface area contributed by atoms with E-state index >= 15 is 0 Å². The molecule has 0 amide bonds. The molecule has 0 aromatic carbocycles. The van der Waals surface area contributed by atoms with Crippen molar-refractivity contribution >= 4 is 22.9 Å². The summed E-state index contributed by atoms with van der Waals surface area (Å²) < 4.78 is 0. The molecule has 1 nitrogen and oxygen atoms in total. The van der Waals surface area contributed by atoms with Crippen molar-refractivity contribution in [3.63, 3.8) is 0 Å². The van der Waals surface area contributed by atoms with Crippen molar-refractivity contribution in [2.45, 2.75) is 32.8 Å². The summed E-state index contributed by atoms with van der Waals surface area (Å²) in [4.78, 5) is 0.863. The lowest BCUT2D eigenvalue weighted by Gasteiger charge is -2.06. The Morgan fingerprint density at radius 3 is 2.86 bits per heavy atom. The Hall–Kier alpha value is -0.490. The summed E-state index contributed by atoms with van der Waals surface area (Å²) >= 11 is 7.54.